The Kier molecular flexibility index (Phi) is 1.04. The van der Waals surface area contributed by atoms with Crippen LogP contribution in [0.2, 0.25) is 0 Å². The Morgan fingerprint density at radius 2 is 2.10 bits per heavy atom. The maximum atomic E-state index is 5.31. The Morgan fingerprint density at radius 3 is 2.90 bits per heavy atom. The molecular formula is C9H8O. The standard InChI is InChI=1S/C9H8O/c1-7-6-8-4-2-3-5-9(8)10-7/h2-5H,1,6H2. The first-order valence-electron chi connectivity index (χ1n) is 3.30. The number of allylic oxidation sites excluding steroid dienone is 1. The molecule has 1 nitrogen and oxygen atoms in total. The van der Waals surface area contributed by atoms with Gasteiger partial charge in [0.05, 0.1) is 0 Å². The van der Waals surface area contributed by atoms with Crippen molar-refractivity contribution in [2.45, 2.75) is 6.42 Å². The number of fused-ring (bicyclic) bond motifs is 1. The molecule has 0 aromatic heterocycles. The fraction of sp³-hybridized carbons (Fsp3) is 0.111. The van der Waals surface area contributed by atoms with E-state index in [2.05, 4.69) is 12.6 Å². The summed E-state index contributed by atoms with van der Waals surface area (Å²) in [6, 6.07) is 8.01. The van der Waals surface area contributed by atoms with Crippen molar-refractivity contribution in [3.05, 3.63) is 42.2 Å². The molecule has 0 saturated carbocycles. The summed E-state index contributed by atoms with van der Waals surface area (Å²) in [5.41, 5.74) is 1.24. The van der Waals surface area contributed by atoms with Crippen LogP contribution in [-0.2, 0) is 6.42 Å². The van der Waals surface area contributed by atoms with E-state index in [1.807, 2.05) is 18.2 Å². The van der Waals surface area contributed by atoms with Gasteiger partial charge in [-0.15, -0.1) is 0 Å². The molecule has 1 aromatic rings. The second-order valence-corrected chi connectivity index (χ2v) is 2.43. The first-order chi connectivity index (χ1) is 4.86. The summed E-state index contributed by atoms with van der Waals surface area (Å²) in [6.07, 6.45) is 0.871. The lowest BCUT2D eigenvalue weighted by atomic mass is 10.2. The highest BCUT2D eigenvalue weighted by atomic mass is 16.5. The van der Waals surface area contributed by atoms with Gasteiger partial charge in [-0.1, -0.05) is 24.8 Å². The zero-order chi connectivity index (χ0) is 6.97. The van der Waals surface area contributed by atoms with Crippen molar-refractivity contribution in [1.29, 1.82) is 0 Å². The number of hydrogen-bond acceptors (Lipinski definition) is 1. The molecule has 0 atom stereocenters. The van der Waals surface area contributed by atoms with Crippen molar-refractivity contribution >= 4 is 0 Å². The minimum Gasteiger partial charge on any atom is -0.462 e. The van der Waals surface area contributed by atoms with E-state index in [9.17, 15) is 0 Å². The van der Waals surface area contributed by atoms with Gasteiger partial charge < -0.3 is 4.74 Å². The maximum absolute atomic E-state index is 5.31. The number of para-hydroxylation sites is 1. The SMILES string of the molecule is C=C1Cc2ccccc2O1. The van der Waals surface area contributed by atoms with Gasteiger partial charge in [-0.25, -0.2) is 0 Å². The molecule has 0 spiro atoms. The Bertz CT molecular complexity index is 249. The molecule has 0 bridgehead atoms. The second-order valence-electron chi connectivity index (χ2n) is 2.43. The van der Waals surface area contributed by atoms with Crippen LogP contribution in [0.3, 0.4) is 0 Å². The molecule has 0 radical (unpaired) electrons. The van der Waals surface area contributed by atoms with E-state index in [-0.39, 0.29) is 0 Å². The third-order valence-corrected chi connectivity index (χ3v) is 1.61. The normalized spacial score (nSPS) is 14.6. The van der Waals surface area contributed by atoms with Crippen LogP contribution in [0.15, 0.2) is 36.6 Å². The fourth-order valence-electron chi connectivity index (χ4n) is 1.15. The summed E-state index contributed by atoms with van der Waals surface area (Å²) in [5.74, 6) is 1.81. The van der Waals surface area contributed by atoms with Gasteiger partial charge in [-0.05, 0) is 6.07 Å². The molecule has 1 aliphatic heterocycles. The Labute approximate surface area is 59.9 Å². The molecular weight excluding hydrogens is 124 g/mol. The predicted octanol–water partition coefficient (Wildman–Crippen LogP) is 2.14. The quantitative estimate of drug-likeness (QED) is 0.525. The number of rotatable bonds is 0. The summed E-state index contributed by atoms with van der Waals surface area (Å²) in [7, 11) is 0. The van der Waals surface area contributed by atoms with E-state index in [4.69, 9.17) is 4.74 Å². The van der Waals surface area contributed by atoms with Crippen molar-refractivity contribution in [1.82, 2.24) is 0 Å². The van der Waals surface area contributed by atoms with E-state index in [1.165, 1.54) is 5.56 Å². The van der Waals surface area contributed by atoms with E-state index in [0.717, 1.165) is 17.9 Å². The highest BCUT2D eigenvalue weighted by molar-refractivity contribution is 5.40. The van der Waals surface area contributed by atoms with Crippen LogP contribution in [0, 0.1) is 0 Å². The minimum atomic E-state index is 0.848. The number of benzene rings is 1. The number of ether oxygens (including phenoxy) is 1. The van der Waals surface area contributed by atoms with Gasteiger partial charge >= 0.3 is 0 Å². The molecule has 0 aliphatic carbocycles. The van der Waals surface area contributed by atoms with Crippen LogP contribution < -0.4 is 4.74 Å². The van der Waals surface area contributed by atoms with Gasteiger partial charge in [0.1, 0.15) is 11.5 Å². The van der Waals surface area contributed by atoms with Gasteiger partial charge in [0, 0.05) is 12.0 Å². The third-order valence-electron chi connectivity index (χ3n) is 1.61. The molecule has 0 unspecified atom stereocenters. The highest BCUT2D eigenvalue weighted by Gasteiger charge is 2.13. The lowest BCUT2D eigenvalue weighted by Crippen LogP contribution is -1.81. The van der Waals surface area contributed by atoms with Crippen LogP contribution >= 0.6 is 0 Å². The Hall–Kier alpha value is -1.24. The van der Waals surface area contributed by atoms with Gasteiger partial charge in [-0.3, -0.25) is 0 Å². The monoisotopic (exact) mass is 132 g/mol. The number of hydrogen-bond donors (Lipinski definition) is 0. The molecule has 0 N–H and O–H groups in total. The maximum Gasteiger partial charge on any atom is 0.130 e. The molecule has 1 aliphatic rings. The highest BCUT2D eigenvalue weighted by Crippen LogP contribution is 2.28. The van der Waals surface area contributed by atoms with Crippen LogP contribution in [0.1, 0.15) is 5.56 Å². The van der Waals surface area contributed by atoms with E-state index >= 15 is 0 Å². The van der Waals surface area contributed by atoms with Crippen LogP contribution in [0.25, 0.3) is 0 Å². The fourth-order valence-corrected chi connectivity index (χ4v) is 1.15. The van der Waals surface area contributed by atoms with Gasteiger partial charge in [-0.2, -0.15) is 0 Å². The third kappa shape index (κ3) is 0.711. The van der Waals surface area contributed by atoms with E-state index < -0.39 is 0 Å². The lowest BCUT2D eigenvalue weighted by Gasteiger charge is -1.94. The van der Waals surface area contributed by atoms with Crippen LogP contribution in [0.5, 0.6) is 5.75 Å². The average Bonchev–Trinajstić information content (AvgIpc) is 2.27. The van der Waals surface area contributed by atoms with Crippen molar-refractivity contribution in [2.24, 2.45) is 0 Å². The van der Waals surface area contributed by atoms with Gasteiger partial charge in [0.25, 0.3) is 0 Å². The molecule has 1 heteroatoms. The van der Waals surface area contributed by atoms with Crippen LogP contribution in [0.4, 0.5) is 0 Å². The lowest BCUT2D eigenvalue weighted by molar-refractivity contribution is 0.449. The second kappa shape index (κ2) is 1.87. The van der Waals surface area contributed by atoms with Gasteiger partial charge in [0.15, 0.2) is 0 Å². The van der Waals surface area contributed by atoms with Crippen molar-refractivity contribution < 1.29 is 4.74 Å². The summed E-state index contributed by atoms with van der Waals surface area (Å²) < 4.78 is 5.31. The first-order valence-corrected chi connectivity index (χ1v) is 3.30. The molecule has 2 rings (SSSR count). The first kappa shape index (κ1) is 5.54. The Morgan fingerprint density at radius 1 is 1.30 bits per heavy atom. The summed E-state index contributed by atoms with van der Waals surface area (Å²) in [5, 5.41) is 0. The van der Waals surface area contributed by atoms with E-state index in [1.54, 1.807) is 0 Å². The molecule has 0 fully saturated rings. The summed E-state index contributed by atoms with van der Waals surface area (Å²) >= 11 is 0. The molecule has 0 amide bonds. The molecule has 1 heterocycles. The Balaban J connectivity index is 2.51. The minimum absolute atomic E-state index is 0.848. The molecule has 1 aromatic carbocycles. The van der Waals surface area contributed by atoms with Crippen molar-refractivity contribution in [3.63, 3.8) is 0 Å². The zero-order valence-corrected chi connectivity index (χ0v) is 5.63. The average molecular weight is 132 g/mol. The molecule has 50 valence electrons. The zero-order valence-electron chi connectivity index (χ0n) is 5.63. The van der Waals surface area contributed by atoms with Crippen LogP contribution in [-0.4, -0.2) is 0 Å². The van der Waals surface area contributed by atoms with Crippen molar-refractivity contribution in [2.75, 3.05) is 0 Å². The van der Waals surface area contributed by atoms with Crippen molar-refractivity contribution in [3.8, 4) is 5.75 Å². The molecule has 10 heavy (non-hydrogen) atoms. The van der Waals surface area contributed by atoms with E-state index in [0.29, 0.717) is 0 Å². The predicted molar refractivity (Wildman–Crippen MR) is 39.9 cm³/mol. The largest absolute Gasteiger partial charge is 0.462 e. The topological polar surface area (TPSA) is 9.23 Å². The molecule has 0 saturated heterocycles. The smallest absolute Gasteiger partial charge is 0.130 e. The summed E-state index contributed by atoms with van der Waals surface area (Å²) in [4.78, 5) is 0. The summed E-state index contributed by atoms with van der Waals surface area (Å²) in [6.45, 7) is 3.75. The van der Waals surface area contributed by atoms with Gasteiger partial charge in [0.2, 0.25) is 0 Å².